The predicted octanol–water partition coefficient (Wildman–Crippen LogP) is 3.26. The molecule has 0 aliphatic carbocycles. The van der Waals surface area contributed by atoms with Crippen LogP contribution in [-0.2, 0) is 12.8 Å². The Labute approximate surface area is 128 Å². The van der Waals surface area contributed by atoms with Gasteiger partial charge in [-0.1, -0.05) is 29.3 Å². The maximum atomic E-state index is 6.18. The number of halogens is 2. The van der Waals surface area contributed by atoms with Gasteiger partial charge in [-0.25, -0.2) is 9.67 Å². The Hall–Kier alpha value is -1.10. The number of benzene rings is 1. The Morgan fingerprint density at radius 1 is 1.25 bits per heavy atom. The second-order valence-electron chi connectivity index (χ2n) is 4.90. The highest BCUT2D eigenvalue weighted by atomic mass is 35.5. The van der Waals surface area contributed by atoms with Gasteiger partial charge in [0.15, 0.2) is 5.82 Å². The topological polar surface area (TPSA) is 56.7 Å². The number of nitrogens with two attached hydrogens (primary N) is 1. The Bertz CT molecular complexity index is 573. The summed E-state index contributed by atoms with van der Waals surface area (Å²) < 4.78 is 1.91. The lowest BCUT2D eigenvalue weighted by Crippen LogP contribution is -2.12. The van der Waals surface area contributed by atoms with Crippen molar-refractivity contribution in [2.45, 2.75) is 32.7 Å². The molecule has 2 N–H and O–H groups in total. The lowest BCUT2D eigenvalue weighted by atomic mass is 10.1. The highest BCUT2D eigenvalue weighted by Crippen LogP contribution is 2.26. The molecular formula is C14H18Cl2N4. The van der Waals surface area contributed by atoms with Crippen molar-refractivity contribution in [2.24, 2.45) is 5.73 Å². The molecule has 0 aliphatic heterocycles. The molecule has 1 aromatic carbocycles. The molecular weight excluding hydrogens is 295 g/mol. The van der Waals surface area contributed by atoms with Crippen LogP contribution in [0.1, 0.15) is 37.1 Å². The summed E-state index contributed by atoms with van der Waals surface area (Å²) in [5, 5.41) is 5.81. The molecule has 0 amide bonds. The SMILES string of the molecule is CC(C)n1nc(Cc2c(Cl)cccc2Cl)nc1CCN. The average Bonchev–Trinajstić information content (AvgIpc) is 2.78. The third kappa shape index (κ3) is 3.32. The fraction of sp³-hybridized carbons (Fsp3) is 0.429. The highest BCUT2D eigenvalue weighted by molar-refractivity contribution is 6.36. The third-order valence-corrected chi connectivity index (χ3v) is 3.71. The summed E-state index contributed by atoms with van der Waals surface area (Å²) in [6.07, 6.45) is 1.23. The fourth-order valence-electron chi connectivity index (χ4n) is 2.05. The van der Waals surface area contributed by atoms with Crippen molar-refractivity contribution in [1.82, 2.24) is 14.8 Å². The van der Waals surface area contributed by atoms with E-state index in [9.17, 15) is 0 Å². The van der Waals surface area contributed by atoms with Crippen molar-refractivity contribution in [1.29, 1.82) is 0 Å². The van der Waals surface area contributed by atoms with Crippen molar-refractivity contribution in [2.75, 3.05) is 6.54 Å². The van der Waals surface area contributed by atoms with Crippen LogP contribution in [0.4, 0.5) is 0 Å². The maximum Gasteiger partial charge on any atom is 0.155 e. The van der Waals surface area contributed by atoms with Gasteiger partial charge < -0.3 is 5.73 Å². The lowest BCUT2D eigenvalue weighted by molar-refractivity contribution is 0.502. The monoisotopic (exact) mass is 312 g/mol. The molecule has 0 aliphatic rings. The minimum absolute atomic E-state index is 0.250. The number of rotatable bonds is 5. The van der Waals surface area contributed by atoms with Crippen LogP contribution in [0.25, 0.3) is 0 Å². The summed E-state index contributed by atoms with van der Waals surface area (Å²) in [5.41, 5.74) is 6.47. The van der Waals surface area contributed by atoms with Crippen LogP contribution >= 0.6 is 23.2 Å². The molecule has 1 heterocycles. The van der Waals surface area contributed by atoms with Crippen LogP contribution in [0, 0.1) is 0 Å². The van der Waals surface area contributed by atoms with Crippen molar-refractivity contribution in [3.05, 3.63) is 45.5 Å². The molecule has 6 heteroatoms. The Balaban J connectivity index is 2.32. The van der Waals surface area contributed by atoms with E-state index in [1.807, 2.05) is 22.9 Å². The highest BCUT2D eigenvalue weighted by Gasteiger charge is 2.14. The van der Waals surface area contributed by atoms with Crippen molar-refractivity contribution >= 4 is 23.2 Å². The standard InChI is InChI=1S/C14H18Cl2N4/c1-9(2)20-14(6-7-17)18-13(19-20)8-10-11(15)4-3-5-12(10)16/h3-5,9H,6-8,17H2,1-2H3. The zero-order valence-electron chi connectivity index (χ0n) is 11.6. The molecule has 0 saturated heterocycles. The Kier molecular flexibility index (Phi) is 5.02. The smallest absolute Gasteiger partial charge is 0.155 e. The third-order valence-electron chi connectivity index (χ3n) is 3.00. The second-order valence-corrected chi connectivity index (χ2v) is 5.71. The zero-order valence-corrected chi connectivity index (χ0v) is 13.1. The van der Waals surface area contributed by atoms with Crippen LogP contribution < -0.4 is 5.73 Å². The normalized spacial score (nSPS) is 11.3. The van der Waals surface area contributed by atoms with Gasteiger partial charge in [-0.05, 0) is 38.1 Å². The van der Waals surface area contributed by atoms with Gasteiger partial charge in [-0.3, -0.25) is 0 Å². The fourth-order valence-corrected chi connectivity index (χ4v) is 2.58. The molecule has 20 heavy (non-hydrogen) atoms. The van der Waals surface area contributed by atoms with E-state index >= 15 is 0 Å². The van der Waals surface area contributed by atoms with E-state index in [0.717, 1.165) is 17.2 Å². The number of hydrogen-bond acceptors (Lipinski definition) is 3. The summed E-state index contributed by atoms with van der Waals surface area (Å²) in [6.45, 7) is 4.69. The summed E-state index contributed by atoms with van der Waals surface area (Å²) in [5.74, 6) is 1.62. The Morgan fingerprint density at radius 2 is 1.90 bits per heavy atom. The van der Waals surface area contributed by atoms with Gasteiger partial charge in [-0.15, -0.1) is 0 Å². The van der Waals surface area contributed by atoms with Crippen molar-refractivity contribution < 1.29 is 0 Å². The number of hydrogen-bond donors (Lipinski definition) is 1. The van der Waals surface area contributed by atoms with Gasteiger partial charge in [0.2, 0.25) is 0 Å². The Morgan fingerprint density at radius 3 is 2.45 bits per heavy atom. The molecule has 2 aromatic rings. The molecule has 0 unspecified atom stereocenters. The van der Waals surface area contributed by atoms with Gasteiger partial charge in [0, 0.05) is 28.9 Å². The van der Waals surface area contributed by atoms with Crippen LogP contribution in [0.15, 0.2) is 18.2 Å². The minimum atomic E-state index is 0.250. The zero-order chi connectivity index (χ0) is 14.7. The molecule has 1 aromatic heterocycles. The van der Waals surface area contributed by atoms with Gasteiger partial charge >= 0.3 is 0 Å². The first-order valence-electron chi connectivity index (χ1n) is 6.60. The molecule has 0 spiro atoms. The van der Waals surface area contributed by atoms with E-state index in [-0.39, 0.29) is 6.04 Å². The van der Waals surface area contributed by atoms with E-state index in [4.69, 9.17) is 28.9 Å². The van der Waals surface area contributed by atoms with Gasteiger partial charge in [0.05, 0.1) is 0 Å². The van der Waals surface area contributed by atoms with E-state index < -0.39 is 0 Å². The largest absolute Gasteiger partial charge is 0.330 e. The van der Waals surface area contributed by atoms with E-state index in [0.29, 0.717) is 29.4 Å². The van der Waals surface area contributed by atoms with E-state index in [1.165, 1.54) is 0 Å². The first-order valence-corrected chi connectivity index (χ1v) is 7.35. The first-order chi connectivity index (χ1) is 9.52. The second kappa shape index (κ2) is 6.57. The van der Waals surface area contributed by atoms with Crippen LogP contribution in [0.3, 0.4) is 0 Å². The molecule has 108 valence electrons. The average molecular weight is 313 g/mol. The molecule has 2 rings (SSSR count). The van der Waals surface area contributed by atoms with Crippen molar-refractivity contribution in [3.63, 3.8) is 0 Å². The van der Waals surface area contributed by atoms with Crippen LogP contribution in [0.2, 0.25) is 10.0 Å². The summed E-state index contributed by atoms with van der Waals surface area (Å²) in [7, 11) is 0. The summed E-state index contributed by atoms with van der Waals surface area (Å²) in [6, 6.07) is 5.72. The molecule has 0 saturated carbocycles. The molecule has 4 nitrogen and oxygen atoms in total. The van der Waals surface area contributed by atoms with Gasteiger partial charge in [-0.2, -0.15) is 5.10 Å². The number of nitrogens with zero attached hydrogens (tertiary/aromatic N) is 3. The van der Waals surface area contributed by atoms with E-state index in [2.05, 4.69) is 23.9 Å². The molecule has 0 fully saturated rings. The summed E-state index contributed by atoms with van der Waals surface area (Å²) >= 11 is 12.4. The predicted molar refractivity (Wildman–Crippen MR) is 82.4 cm³/mol. The lowest BCUT2D eigenvalue weighted by Gasteiger charge is -2.07. The van der Waals surface area contributed by atoms with Crippen LogP contribution in [0.5, 0.6) is 0 Å². The van der Waals surface area contributed by atoms with Crippen LogP contribution in [-0.4, -0.2) is 21.3 Å². The van der Waals surface area contributed by atoms with Crippen molar-refractivity contribution in [3.8, 4) is 0 Å². The van der Waals surface area contributed by atoms with Gasteiger partial charge in [0.25, 0.3) is 0 Å². The molecule has 0 radical (unpaired) electrons. The minimum Gasteiger partial charge on any atom is -0.330 e. The van der Waals surface area contributed by atoms with Gasteiger partial charge in [0.1, 0.15) is 5.82 Å². The first kappa shape index (κ1) is 15.3. The van der Waals surface area contributed by atoms with E-state index in [1.54, 1.807) is 0 Å². The summed E-state index contributed by atoms with van der Waals surface area (Å²) in [4.78, 5) is 4.55. The molecule has 0 bridgehead atoms. The number of aromatic nitrogens is 3. The quantitative estimate of drug-likeness (QED) is 0.922. The molecule has 0 atom stereocenters. The maximum absolute atomic E-state index is 6.18.